The lowest BCUT2D eigenvalue weighted by molar-refractivity contribution is -0.122. The van der Waals surface area contributed by atoms with Gasteiger partial charge in [-0.05, 0) is 60.5 Å². The maximum atomic E-state index is 12.4. The van der Waals surface area contributed by atoms with Crippen LogP contribution >= 0.6 is 11.8 Å². The molecule has 1 aliphatic heterocycles. The van der Waals surface area contributed by atoms with Crippen molar-refractivity contribution in [3.8, 4) is 11.5 Å². The number of ether oxygens (including phenoxy) is 2. The molecule has 0 radical (unpaired) electrons. The molecular weight excluding hydrogens is 416 g/mol. The number of carbonyl (C=O) groups is 3. The van der Waals surface area contributed by atoms with Crippen molar-refractivity contribution in [2.75, 3.05) is 25.6 Å². The van der Waals surface area contributed by atoms with Crippen molar-refractivity contribution in [3.05, 3.63) is 58.5 Å². The lowest BCUT2D eigenvalue weighted by atomic mass is 10.2. The van der Waals surface area contributed by atoms with Gasteiger partial charge in [-0.1, -0.05) is 31.2 Å². The molecule has 1 N–H and O–H groups in total. The van der Waals surface area contributed by atoms with E-state index >= 15 is 0 Å². The van der Waals surface area contributed by atoms with Crippen LogP contribution in [0.15, 0.2) is 47.4 Å². The zero-order chi connectivity index (χ0) is 22.4. The van der Waals surface area contributed by atoms with E-state index < -0.39 is 0 Å². The van der Waals surface area contributed by atoms with Crippen molar-refractivity contribution in [1.82, 2.24) is 4.90 Å². The van der Waals surface area contributed by atoms with Gasteiger partial charge in [0.15, 0.2) is 18.1 Å². The minimum atomic E-state index is -0.288. The molecule has 3 amide bonds. The number of para-hydroxylation sites is 1. The molecule has 1 fully saturated rings. The predicted octanol–water partition coefficient (Wildman–Crippen LogP) is 4.47. The van der Waals surface area contributed by atoms with Gasteiger partial charge in [0, 0.05) is 12.2 Å². The van der Waals surface area contributed by atoms with E-state index in [1.807, 2.05) is 38.1 Å². The topological polar surface area (TPSA) is 84.9 Å². The second-order valence-corrected chi connectivity index (χ2v) is 7.89. The fraction of sp³-hybridized carbons (Fsp3) is 0.261. The minimum absolute atomic E-state index is 0.181. The van der Waals surface area contributed by atoms with Gasteiger partial charge >= 0.3 is 0 Å². The number of nitrogens with one attached hydrogen (secondary N) is 1. The largest absolute Gasteiger partial charge is 0.493 e. The summed E-state index contributed by atoms with van der Waals surface area (Å²) in [5.74, 6) is 0.248. The first-order chi connectivity index (χ1) is 14.9. The van der Waals surface area contributed by atoms with Gasteiger partial charge in [0.2, 0.25) is 0 Å². The highest BCUT2D eigenvalue weighted by Crippen LogP contribution is 2.34. The third kappa shape index (κ3) is 5.46. The van der Waals surface area contributed by atoms with Gasteiger partial charge in [-0.3, -0.25) is 19.3 Å². The Morgan fingerprint density at radius 3 is 2.65 bits per heavy atom. The Morgan fingerprint density at radius 1 is 1.16 bits per heavy atom. The summed E-state index contributed by atoms with van der Waals surface area (Å²) < 4.78 is 11.0. The van der Waals surface area contributed by atoms with E-state index in [4.69, 9.17) is 9.47 Å². The van der Waals surface area contributed by atoms with Crippen molar-refractivity contribution < 1.29 is 23.9 Å². The normalized spacial score (nSPS) is 14.8. The van der Waals surface area contributed by atoms with Crippen LogP contribution in [-0.4, -0.2) is 42.2 Å². The number of aryl methyl sites for hydroxylation is 1. The standard InChI is InChI=1S/C23H24N2O5S/c1-4-11-25-22(27)20(31-23(25)28)13-16-9-10-18(19(12-16)29-3)30-14-21(26)24-17-8-6-5-7-15(17)2/h5-10,12-13H,4,11,14H2,1-3H3,(H,24,26)/b20-13-. The van der Waals surface area contributed by atoms with Crippen LogP contribution in [0.4, 0.5) is 10.5 Å². The summed E-state index contributed by atoms with van der Waals surface area (Å²) in [6.07, 6.45) is 2.36. The molecule has 3 rings (SSSR count). The Kier molecular flexibility index (Phi) is 7.36. The Hall–Kier alpha value is -3.26. The number of hydrogen-bond acceptors (Lipinski definition) is 6. The number of anilines is 1. The number of methoxy groups -OCH3 is 1. The number of hydrogen-bond donors (Lipinski definition) is 1. The third-order valence-corrected chi connectivity index (χ3v) is 5.49. The minimum Gasteiger partial charge on any atom is -0.493 e. The second-order valence-electron chi connectivity index (χ2n) is 6.90. The molecule has 0 spiro atoms. The molecule has 7 nitrogen and oxygen atoms in total. The van der Waals surface area contributed by atoms with Crippen LogP contribution in [0.1, 0.15) is 24.5 Å². The molecule has 2 aromatic carbocycles. The number of carbonyl (C=O) groups excluding carboxylic acids is 3. The maximum absolute atomic E-state index is 12.4. The van der Waals surface area contributed by atoms with Crippen LogP contribution in [0.25, 0.3) is 6.08 Å². The Bertz CT molecular complexity index is 1030. The van der Waals surface area contributed by atoms with Crippen molar-refractivity contribution in [2.24, 2.45) is 0 Å². The molecule has 0 aliphatic carbocycles. The van der Waals surface area contributed by atoms with Crippen LogP contribution in [0.3, 0.4) is 0 Å². The van der Waals surface area contributed by atoms with E-state index in [2.05, 4.69) is 5.32 Å². The zero-order valence-corrected chi connectivity index (χ0v) is 18.5. The molecule has 2 aromatic rings. The van der Waals surface area contributed by atoms with Crippen LogP contribution in [0, 0.1) is 6.92 Å². The van der Waals surface area contributed by atoms with E-state index in [1.165, 1.54) is 12.0 Å². The van der Waals surface area contributed by atoms with Crippen LogP contribution in [0.2, 0.25) is 0 Å². The van der Waals surface area contributed by atoms with E-state index in [0.717, 1.165) is 23.0 Å². The van der Waals surface area contributed by atoms with Gasteiger partial charge in [-0.25, -0.2) is 0 Å². The van der Waals surface area contributed by atoms with Crippen LogP contribution in [0.5, 0.6) is 11.5 Å². The molecule has 31 heavy (non-hydrogen) atoms. The number of amides is 3. The van der Waals surface area contributed by atoms with Crippen LogP contribution < -0.4 is 14.8 Å². The first-order valence-electron chi connectivity index (χ1n) is 9.84. The molecule has 1 aliphatic rings. The summed E-state index contributed by atoms with van der Waals surface area (Å²) >= 11 is 0.924. The Morgan fingerprint density at radius 2 is 1.94 bits per heavy atom. The van der Waals surface area contributed by atoms with Gasteiger partial charge in [0.05, 0.1) is 12.0 Å². The summed E-state index contributed by atoms with van der Waals surface area (Å²) in [7, 11) is 1.49. The van der Waals surface area contributed by atoms with Crippen molar-refractivity contribution in [3.63, 3.8) is 0 Å². The van der Waals surface area contributed by atoms with Gasteiger partial charge in [-0.15, -0.1) is 0 Å². The van der Waals surface area contributed by atoms with Gasteiger partial charge in [0.1, 0.15) is 0 Å². The average molecular weight is 441 g/mol. The molecule has 162 valence electrons. The molecule has 0 aromatic heterocycles. The lowest BCUT2D eigenvalue weighted by Gasteiger charge is -2.12. The fourth-order valence-corrected chi connectivity index (χ4v) is 3.87. The quantitative estimate of drug-likeness (QED) is 0.610. The second kappa shape index (κ2) is 10.2. The average Bonchev–Trinajstić information content (AvgIpc) is 3.02. The van der Waals surface area contributed by atoms with Crippen molar-refractivity contribution >= 4 is 40.6 Å². The molecule has 1 heterocycles. The van der Waals surface area contributed by atoms with Crippen molar-refractivity contribution in [1.29, 1.82) is 0 Å². The number of nitrogens with zero attached hydrogens (tertiary/aromatic N) is 1. The highest BCUT2D eigenvalue weighted by Gasteiger charge is 2.34. The number of benzene rings is 2. The summed E-state index contributed by atoms with van der Waals surface area (Å²) in [5, 5.41) is 2.55. The number of imide groups is 1. The number of rotatable bonds is 8. The molecule has 0 saturated carbocycles. The summed E-state index contributed by atoms with van der Waals surface area (Å²) in [4.78, 5) is 38.2. The fourth-order valence-electron chi connectivity index (χ4n) is 3.00. The molecular formula is C23H24N2O5S. The number of thioether (sulfide) groups is 1. The molecule has 0 bridgehead atoms. The molecule has 8 heteroatoms. The third-order valence-electron chi connectivity index (χ3n) is 4.58. The Labute approximate surface area is 185 Å². The highest BCUT2D eigenvalue weighted by atomic mass is 32.2. The van der Waals surface area contributed by atoms with E-state index in [-0.39, 0.29) is 23.7 Å². The van der Waals surface area contributed by atoms with E-state index in [1.54, 1.807) is 24.3 Å². The smallest absolute Gasteiger partial charge is 0.293 e. The van der Waals surface area contributed by atoms with E-state index in [0.29, 0.717) is 34.9 Å². The zero-order valence-electron chi connectivity index (χ0n) is 17.6. The summed E-state index contributed by atoms with van der Waals surface area (Å²) in [5.41, 5.74) is 2.38. The van der Waals surface area contributed by atoms with Gasteiger partial charge in [0.25, 0.3) is 17.1 Å². The van der Waals surface area contributed by atoms with Crippen LogP contribution in [-0.2, 0) is 9.59 Å². The van der Waals surface area contributed by atoms with Gasteiger partial charge in [-0.2, -0.15) is 0 Å². The SMILES string of the molecule is CCCN1C(=O)S/C(=C\c2ccc(OCC(=O)Nc3ccccc3C)c(OC)c2)C1=O. The monoisotopic (exact) mass is 440 g/mol. The first kappa shape index (κ1) is 22.4. The lowest BCUT2D eigenvalue weighted by Crippen LogP contribution is -2.28. The van der Waals surface area contributed by atoms with Crippen molar-refractivity contribution in [2.45, 2.75) is 20.3 Å². The summed E-state index contributed by atoms with van der Waals surface area (Å²) in [6, 6.07) is 12.6. The maximum Gasteiger partial charge on any atom is 0.293 e. The Balaban J connectivity index is 1.68. The first-order valence-corrected chi connectivity index (χ1v) is 10.7. The van der Waals surface area contributed by atoms with E-state index in [9.17, 15) is 14.4 Å². The summed E-state index contributed by atoms with van der Waals surface area (Å²) in [6.45, 7) is 4.05. The highest BCUT2D eigenvalue weighted by molar-refractivity contribution is 8.18. The predicted molar refractivity (Wildman–Crippen MR) is 121 cm³/mol. The van der Waals surface area contributed by atoms with Gasteiger partial charge < -0.3 is 14.8 Å². The molecule has 0 unspecified atom stereocenters. The molecule has 1 saturated heterocycles. The molecule has 0 atom stereocenters.